The van der Waals surface area contributed by atoms with Gasteiger partial charge in [0.15, 0.2) is 0 Å². The van der Waals surface area contributed by atoms with Crippen LogP contribution in [0.2, 0.25) is 0 Å². The van der Waals surface area contributed by atoms with Crippen LogP contribution in [0, 0.1) is 0 Å². The van der Waals surface area contributed by atoms with Gasteiger partial charge in [-0.05, 0) is 19.9 Å². The molecular weight excluding hydrogens is 246 g/mol. The molecule has 0 aromatic carbocycles. The minimum absolute atomic E-state index is 0.0337. The molecule has 1 atom stereocenters. The largest absolute Gasteiger partial charge is 0.406 e. The molecule has 0 radical (unpaired) electrons. The third kappa shape index (κ3) is 5.25. The lowest BCUT2D eigenvalue weighted by Crippen LogP contribution is -2.23. The summed E-state index contributed by atoms with van der Waals surface area (Å²) in [4.78, 5) is 12.9. The first-order valence-corrected chi connectivity index (χ1v) is 6.55. The molecule has 0 aliphatic heterocycles. The molecule has 1 heterocycles. The van der Waals surface area contributed by atoms with Crippen LogP contribution < -0.4 is 10.6 Å². The Bertz CT molecular complexity index is 391. The number of rotatable bonds is 8. The summed E-state index contributed by atoms with van der Waals surface area (Å²) in [6, 6.07) is 0.387. The van der Waals surface area contributed by atoms with Gasteiger partial charge >= 0.3 is 6.01 Å². The summed E-state index contributed by atoms with van der Waals surface area (Å²) in [5, 5.41) is 14.1. The van der Waals surface area contributed by atoms with Gasteiger partial charge in [0.25, 0.3) is 0 Å². The van der Waals surface area contributed by atoms with Crippen molar-refractivity contribution in [1.82, 2.24) is 20.4 Å². The van der Waals surface area contributed by atoms with Gasteiger partial charge in [-0.3, -0.25) is 4.79 Å². The zero-order valence-corrected chi connectivity index (χ0v) is 12.1. The molecule has 19 heavy (non-hydrogen) atoms. The van der Waals surface area contributed by atoms with Crippen LogP contribution in [0.1, 0.15) is 38.6 Å². The van der Waals surface area contributed by atoms with Gasteiger partial charge in [0.2, 0.25) is 11.8 Å². The first-order valence-electron chi connectivity index (χ1n) is 6.55. The Morgan fingerprint density at radius 3 is 2.74 bits per heavy atom. The summed E-state index contributed by atoms with van der Waals surface area (Å²) in [6.07, 6.45) is 1.45. The van der Waals surface area contributed by atoms with Gasteiger partial charge in [-0.25, -0.2) is 0 Å². The fraction of sp³-hybridized carbons (Fsp3) is 0.750. The number of hydrogen-bond donors (Lipinski definition) is 2. The highest BCUT2D eigenvalue weighted by Crippen LogP contribution is 2.13. The second-order valence-corrected chi connectivity index (χ2v) is 4.59. The van der Waals surface area contributed by atoms with Crippen LogP contribution in [-0.2, 0) is 4.79 Å². The van der Waals surface area contributed by atoms with Crippen LogP contribution in [0.15, 0.2) is 4.42 Å². The Morgan fingerprint density at radius 2 is 2.11 bits per heavy atom. The highest BCUT2D eigenvalue weighted by atomic mass is 16.4. The lowest BCUT2D eigenvalue weighted by atomic mass is 10.3. The maximum atomic E-state index is 11.4. The fourth-order valence-corrected chi connectivity index (χ4v) is 1.43. The molecule has 1 rings (SSSR count). The maximum Gasteiger partial charge on any atom is 0.315 e. The second kappa shape index (κ2) is 7.73. The summed E-state index contributed by atoms with van der Waals surface area (Å²) in [6.45, 7) is 5.46. The fourth-order valence-electron chi connectivity index (χ4n) is 1.43. The quantitative estimate of drug-likeness (QED) is 0.733. The zero-order valence-electron chi connectivity index (χ0n) is 12.1. The van der Waals surface area contributed by atoms with Crippen molar-refractivity contribution in [3.63, 3.8) is 0 Å². The van der Waals surface area contributed by atoms with Crippen molar-refractivity contribution in [3.05, 3.63) is 5.89 Å². The second-order valence-electron chi connectivity index (χ2n) is 4.59. The Labute approximate surface area is 113 Å². The molecule has 0 spiro atoms. The molecule has 7 heteroatoms. The molecule has 108 valence electrons. The van der Waals surface area contributed by atoms with Gasteiger partial charge in [-0.2, -0.15) is 0 Å². The van der Waals surface area contributed by atoms with E-state index in [-0.39, 0.29) is 11.9 Å². The van der Waals surface area contributed by atoms with E-state index >= 15 is 0 Å². The van der Waals surface area contributed by atoms with E-state index in [1.807, 2.05) is 6.92 Å². The van der Waals surface area contributed by atoms with E-state index < -0.39 is 0 Å². The lowest BCUT2D eigenvalue weighted by molar-refractivity contribution is -0.128. The molecule has 2 N–H and O–H groups in total. The van der Waals surface area contributed by atoms with Crippen LogP contribution in [0.3, 0.4) is 0 Å². The van der Waals surface area contributed by atoms with E-state index in [0.717, 1.165) is 13.0 Å². The number of hydrogen-bond acceptors (Lipinski definition) is 6. The zero-order chi connectivity index (χ0) is 14.3. The summed E-state index contributed by atoms with van der Waals surface area (Å²) < 4.78 is 5.46. The predicted molar refractivity (Wildman–Crippen MR) is 72.8 cm³/mol. The standard InChI is InChI=1S/C12H23N5O2/c1-5-7-13-9(2)11-15-16-12(19-11)14-8-6-10(18)17(3)4/h9,13H,5-8H2,1-4H3,(H,14,16). The van der Waals surface area contributed by atoms with Crippen LogP contribution in [0.4, 0.5) is 6.01 Å². The van der Waals surface area contributed by atoms with Crippen molar-refractivity contribution in [3.8, 4) is 0 Å². The van der Waals surface area contributed by atoms with E-state index in [4.69, 9.17) is 4.42 Å². The average molecular weight is 269 g/mol. The van der Waals surface area contributed by atoms with Crippen LogP contribution in [0.5, 0.6) is 0 Å². The Balaban J connectivity index is 2.36. The molecule has 1 aromatic rings. The van der Waals surface area contributed by atoms with Crippen LogP contribution in [0.25, 0.3) is 0 Å². The van der Waals surface area contributed by atoms with Crippen molar-refractivity contribution < 1.29 is 9.21 Å². The SMILES string of the molecule is CCCNC(C)c1nnc(NCCC(=O)N(C)C)o1. The van der Waals surface area contributed by atoms with Gasteiger partial charge in [0.05, 0.1) is 6.04 Å². The van der Waals surface area contributed by atoms with Gasteiger partial charge in [0, 0.05) is 27.1 Å². The van der Waals surface area contributed by atoms with Crippen molar-refractivity contribution in [2.45, 2.75) is 32.7 Å². The summed E-state index contributed by atoms with van der Waals surface area (Å²) in [7, 11) is 3.46. The van der Waals surface area contributed by atoms with E-state index in [1.54, 1.807) is 19.0 Å². The van der Waals surface area contributed by atoms with E-state index in [2.05, 4.69) is 27.8 Å². The molecule has 1 aromatic heterocycles. The number of aromatic nitrogens is 2. The number of amides is 1. The van der Waals surface area contributed by atoms with E-state index in [0.29, 0.717) is 24.9 Å². The summed E-state index contributed by atoms with van der Waals surface area (Å²) >= 11 is 0. The molecule has 0 saturated carbocycles. The maximum absolute atomic E-state index is 11.4. The van der Waals surface area contributed by atoms with Crippen molar-refractivity contribution in [1.29, 1.82) is 0 Å². The van der Waals surface area contributed by atoms with Gasteiger partial charge in [-0.1, -0.05) is 12.0 Å². The molecule has 7 nitrogen and oxygen atoms in total. The Kier molecular flexibility index (Phi) is 6.27. The summed E-state index contributed by atoms with van der Waals surface area (Å²) in [5.74, 6) is 0.611. The third-order valence-electron chi connectivity index (χ3n) is 2.63. The third-order valence-corrected chi connectivity index (χ3v) is 2.63. The van der Waals surface area contributed by atoms with Gasteiger partial charge in [-0.15, -0.1) is 5.10 Å². The van der Waals surface area contributed by atoms with Crippen molar-refractivity contribution >= 4 is 11.9 Å². The molecular formula is C12H23N5O2. The first kappa shape index (κ1) is 15.4. The molecule has 1 amide bonds. The average Bonchev–Trinajstić information content (AvgIpc) is 2.84. The van der Waals surface area contributed by atoms with Crippen LogP contribution >= 0.6 is 0 Å². The van der Waals surface area contributed by atoms with Gasteiger partial charge in [0.1, 0.15) is 0 Å². The Morgan fingerprint density at radius 1 is 1.37 bits per heavy atom. The normalized spacial score (nSPS) is 12.2. The Hall–Kier alpha value is -1.63. The lowest BCUT2D eigenvalue weighted by Gasteiger charge is -2.09. The number of carbonyl (C=O) groups is 1. The van der Waals surface area contributed by atoms with E-state index in [9.17, 15) is 4.79 Å². The number of nitrogens with zero attached hydrogens (tertiary/aromatic N) is 3. The summed E-state index contributed by atoms with van der Waals surface area (Å²) in [5.41, 5.74) is 0. The number of carbonyl (C=O) groups excluding carboxylic acids is 1. The van der Waals surface area contributed by atoms with Crippen LogP contribution in [-0.4, -0.2) is 48.2 Å². The molecule has 0 bridgehead atoms. The smallest absolute Gasteiger partial charge is 0.315 e. The van der Waals surface area contributed by atoms with Crippen molar-refractivity contribution in [2.24, 2.45) is 0 Å². The minimum atomic E-state index is 0.0337. The van der Waals surface area contributed by atoms with Gasteiger partial charge < -0.3 is 20.0 Å². The minimum Gasteiger partial charge on any atom is -0.406 e. The topological polar surface area (TPSA) is 83.3 Å². The monoisotopic (exact) mass is 269 g/mol. The number of nitrogens with one attached hydrogen (secondary N) is 2. The molecule has 0 aliphatic carbocycles. The van der Waals surface area contributed by atoms with E-state index in [1.165, 1.54) is 0 Å². The molecule has 0 aliphatic rings. The molecule has 0 saturated heterocycles. The molecule has 0 fully saturated rings. The molecule has 1 unspecified atom stereocenters. The van der Waals surface area contributed by atoms with Crippen molar-refractivity contribution in [2.75, 3.05) is 32.5 Å². The predicted octanol–water partition coefficient (Wildman–Crippen LogP) is 1.02. The number of anilines is 1. The highest BCUT2D eigenvalue weighted by Gasteiger charge is 2.13. The highest BCUT2D eigenvalue weighted by molar-refractivity contribution is 5.75. The first-order chi connectivity index (χ1) is 9.04.